The molecule has 1 aromatic carbocycles. The molecule has 0 bridgehead atoms. The summed E-state index contributed by atoms with van der Waals surface area (Å²) in [6, 6.07) is 13.5. The summed E-state index contributed by atoms with van der Waals surface area (Å²) in [4.78, 5) is 53.6. The third kappa shape index (κ3) is 7.05. The molecule has 0 spiro atoms. The number of pyridine rings is 1. The first-order chi connectivity index (χ1) is 18.9. The minimum absolute atomic E-state index is 0.157. The van der Waals surface area contributed by atoms with Gasteiger partial charge in [0, 0.05) is 56.8 Å². The number of aromatic nitrogens is 1. The topological polar surface area (TPSA) is 142 Å². The lowest BCUT2D eigenvalue weighted by molar-refractivity contribution is -0.136. The maximum atomic E-state index is 11.9. The molecule has 0 saturated carbocycles. The summed E-state index contributed by atoms with van der Waals surface area (Å²) in [5.74, 6) is -0.950. The molecule has 0 aliphatic carbocycles. The molecule has 4 heterocycles. The summed E-state index contributed by atoms with van der Waals surface area (Å²) in [6.07, 6.45) is 2.25. The van der Waals surface area contributed by atoms with Gasteiger partial charge in [0.05, 0.1) is 24.4 Å². The number of hydrogen-bond donors (Lipinski definition) is 4. The van der Waals surface area contributed by atoms with Crippen LogP contribution >= 0.6 is 0 Å². The largest absolute Gasteiger partial charge is 0.368 e. The monoisotopic (exact) mass is 534 g/mol. The molecule has 11 nitrogen and oxygen atoms in total. The molecule has 39 heavy (non-hydrogen) atoms. The third-order valence-corrected chi connectivity index (χ3v) is 7.33. The molecule has 11 heteroatoms. The molecule has 0 radical (unpaired) electrons. The SMILES string of the molecule is O=C1CCC(NCCc2cccc(C3CN(c4ccc(CNC5CCC(=O)NC5=O)cc4)CCO3)n2)C(=O)N1. The van der Waals surface area contributed by atoms with Crippen molar-refractivity contribution >= 4 is 29.3 Å². The number of rotatable bonds is 9. The predicted octanol–water partition coefficient (Wildman–Crippen LogP) is 0.492. The first-order valence-electron chi connectivity index (χ1n) is 13.5. The van der Waals surface area contributed by atoms with Gasteiger partial charge in [-0.3, -0.25) is 34.8 Å². The highest BCUT2D eigenvalue weighted by Crippen LogP contribution is 2.26. The van der Waals surface area contributed by atoms with Crippen LogP contribution < -0.4 is 26.2 Å². The first kappa shape index (κ1) is 26.9. The van der Waals surface area contributed by atoms with Crippen LogP contribution in [0.3, 0.4) is 0 Å². The van der Waals surface area contributed by atoms with Crippen molar-refractivity contribution in [2.75, 3.05) is 31.1 Å². The van der Waals surface area contributed by atoms with E-state index in [0.29, 0.717) is 58.3 Å². The number of piperidine rings is 2. The molecule has 4 N–H and O–H groups in total. The lowest BCUT2D eigenvalue weighted by Gasteiger charge is -2.34. The van der Waals surface area contributed by atoms with Crippen LogP contribution in [0.25, 0.3) is 0 Å². The average Bonchev–Trinajstić information content (AvgIpc) is 2.94. The van der Waals surface area contributed by atoms with E-state index < -0.39 is 0 Å². The van der Waals surface area contributed by atoms with Crippen LogP contribution in [-0.4, -0.2) is 66.9 Å². The number of amides is 4. The van der Waals surface area contributed by atoms with Gasteiger partial charge in [-0.1, -0.05) is 18.2 Å². The van der Waals surface area contributed by atoms with Crippen LogP contribution in [0.5, 0.6) is 0 Å². The molecule has 3 aliphatic rings. The predicted molar refractivity (Wildman–Crippen MR) is 142 cm³/mol. The number of nitrogens with one attached hydrogen (secondary N) is 4. The standard InChI is InChI=1S/C28H34N6O5/c35-25-10-8-22(27(37)32-25)29-13-12-19-2-1-3-21(31-19)24-17-34(14-15-39-24)20-6-4-18(5-7-20)16-30-23-9-11-26(36)33-28(23)38/h1-7,22-24,29-30H,8-17H2,(H,32,35,37)(H,33,36,38). The summed E-state index contributed by atoms with van der Waals surface area (Å²) in [6.45, 7) is 3.18. The zero-order chi connectivity index (χ0) is 27.2. The number of benzene rings is 1. The maximum Gasteiger partial charge on any atom is 0.243 e. The lowest BCUT2D eigenvalue weighted by Crippen LogP contribution is -2.51. The number of carbonyl (C=O) groups excluding carboxylic acids is 4. The maximum absolute atomic E-state index is 11.9. The smallest absolute Gasteiger partial charge is 0.243 e. The second-order valence-corrected chi connectivity index (χ2v) is 10.1. The molecule has 206 valence electrons. The summed E-state index contributed by atoms with van der Waals surface area (Å²) in [5, 5.41) is 11.2. The number of carbonyl (C=O) groups is 4. The number of morpholine rings is 1. The van der Waals surface area contributed by atoms with Gasteiger partial charge in [-0.05, 0) is 42.7 Å². The Bertz CT molecular complexity index is 1220. The highest BCUT2D eigenvalue weighted by Gasteiger charge is 2.27. The Morgan fingerprint density at radius 1 is 0.897 bits per heavy atom. The van der Waals surface area contributed by atoms with Gasteiger partial charge >= 0.3 is 0 Å². The molecule has 1 aromatic heterocycles. The molecule has 2 aromatic rings. The van der Waals surface area contributed by atoms with Crippen molar-refractivity contribution in [1.82, 2.24) is 26.3 Å². The molecule has 4 amide bonds. The number of hydrogen-bond acceptors (Lipinski definition) is 9. The molecule has 3 atom stereocenters. The van der Waals surface area contributed by atoms with Gasteiger partial charge < -0.3 is 20.3 Å². The third-order valence-electron chi connectivity index (χ3n) is 7.33. The van der Waals surface area contributed by atoms with Crippen molar-refractivity contribution in [3.63, 3.8) is 0 Å². The fourth-order valence-electron chi connectivity index (χ4n) is 5.10. The van der Waals surface area contributed by atoms with Gasteiger partial charge in [-0.15, -0.1) is 0 Å². The van der Waals surface area contributed by atoms with E-state index in [9.17, 15) is 19.2 Å². The van der Waals surface area contributed by atoms with E-state index in [1.807, 2.05) is 30.3 Å². The van der Waals surface area contributed by atoms with E-state index in [1.54, 1.807) is 0 Å². The second kappa shape index (κ2) is 12.5. The number of nitrogens with zero attached hydrogens (tertiary/aromatic N) is 2. The number of ether oxygens (including phenoxy) is 1. The van der Waals surface area contributed by atoms with E-state index >= 15 is 0 Å². The summed E-state index contributed by atoms with van der Waals surface area (Å²) in [7, 11) is 0. The Morgan fingerprint density at radius 3 is 2.28 bits per heavy atom. The normalized spacial score (nSPS) is 23.9. The molecule has 3 saturated heterocycles. The Hall–Kier alpha value is -3.67. The minimum Gasteiger partial charge on any atom is -0.368 e. The van der Waals surface area contributed by atoms with Crippen molar-refractivity contribution in [3.8, 4) is 0 Å². The van der Waals surface area contributed by atoms with Gasteiger partial charge in [0.2, 0.25) is 23.6 Å². The van der Waals surface area contributed by atoms with Crippen molar-refractivity contribution in [2.24, 2.45) is 0 Å². The van der Waals surface area contributed by atoms with Crippen LogP contribution in [0.4, 0.5) is 5.69 Å². The summed E-state index contributed by atoms with van der Waals surface area (Å²) in [5.41, 5.74) is 3.95. The van der Waals surface area contributed by atoms with Crippen LogP contribution in [0, 0.1) is 0 Å². The minimum atomic E-state index is -0.348. The Labute approximate surface area is 227 Å². The summed E-state index contributed by atoms with van der Waals surface area (Å²) < 4.78 is 6.07. The number of anilines is 1. The van der Waals surface area contributed by atoms with E-state index in [4.69, 9.17) is 9.72 Å². The molecule has 3 fully saturated rings. The molecular weight excluding hydrogens is 500 g/mol. The van der Waals surface area contributed by atoms with E-state index in [2.05, 4.69) is 38.3 Å². The first-order valence-corrected chi connectivity index (χ1v) is 13.5. The Kier molecular flexibility index (Phi) is 8.60. The van der Waals surface area contributed by atoms with Crippen LogP contribution in [0.1, 0.15) is 48.7 Å². The van der Waals surface area contributed by atoms with Crippen LogP contribution in [0.2, 0.25) is 0 Å². The van der Waals surface area contributed by atoms with E-state index in [0.717, 1.165) is 29.2 Å². The Morgan fingerprint density at radius 2 is 1.59 bits per heavy atom. The molecule has 3 aliphatic heterocycles. The van der Waals surface area contributed by atoms with Gasteiger partial charge in [-0.25, -0.2) is 0 Å². The van der Waals surface area contributed by atoms with Crippen molar-refractivity contribution in [1.29, 1.82) is 0 Å². The molecular formula is C28H34N6O5. The zero-order valence-electron chi connectivity index (χ0n) is 21.8. The highest BCUT2D eigenvalue weighted by molar-refractivity contribution is 6.00. The van der Waals surface area contributed by atoms with Gasteiger partial charge in [0.1, 0.15) is 6.10 Å². The van der Waals surface area contributed by atoms with Crippen LogP contribution in [-0.2, 0) is 36.9 Å². The van der Waals surface area contributed by atoms with Gasteiger partial charge in [0.25, 0.3) is 0 Å². The van der Waals surface area contributed by atoms with Crippen LogP contribution in [0.15, 0.2) is 42.5 Å². The van der Waals surface area contributed by atoms with Crippen molar-refractivity contribution in [3.05, 3.63) is 59.4 Å². The van der Waals surface area contributed by atoms with E-state index in [1.165, 1.54) is 0 Å². The second-order valence-electron chi connectivity index (χ2n) is 10.1. The molecule has 3 unspecified atom stereocenters. The van der Waals surface area contributed by atoms with Crippen molar-refractivity contribution < 1.29 is 23.9 Å². The Balaban J connectivity index is 1.12. The average molecular weight is 535 g/mol. The summed E-state index contributed by atoms with van der Waals surface area (Å²) >= 11 is 0. The van der Waals surface area contributed by atoms with E-state index in [-0.39, 0.29) is 41.8 Å². The van der Waals surface area contributed by atoms with Gasteiger partial charge in [0.15, 0.2) is 0 Å². The molecule has 5 rings (SSSR count). The lowest BCUT2D eigenvalue weighted by atomic mass is 10.1. The highest BCUT2D eigenvalue weighted by atomic mass is 16.5. The number of imide groups is 2. The fourth-order valence-corrected chi connectivity index (χ4v) is 5.10. The zero-order valence-corrected chi connectivity index (χ0v) is 21.8. The quantitative estimate of drug-likeness (QED) is 0.338. The fraction of sp³-hybridized carbons (Fsp3) is 0.464. The van der Waals surface area contributed by atoms with Crippen molar-refractivity contribution in [2.45, 2.75) is 56.8 Å². The van der Waals surface area contributed by atoms with Gasteiger partial charge in [-0.2, -0.15) is 0 Å².